The Morgan fingerprint density at radius 1 is 1.30 bits per heavy atom. The number of allylic oxidation sites excluding steroid dienone is 1. The predicted molar refractivity (Wildman–Crippen MR) is 124 cm³/mol. The number of carbonyl (C=O) groups excluding carboxylic acids is 2. The Morgan fingerprint density at radius 3 is 2.63 bits per heavy atom. The Morgan fingerprint density at radius 2 is 2.03 bits per heavy atom. The van der Waals surface area contributed by atoms with E-state index < -0.39 is 12.0 Å². The van der Waals surface area contributed by atoms with E-state index in [1.54, 1.807) is 0 Å². The zero-order chi connectivity index (χ0) is 22.3. The van der Waals surface area contributed by atoms with E-state index in [0.717, 1.165) is 36.9 Å². The first-order valence-corrected chi connectivity index (χ1v) is 11.1. The smallest absolute Gasteiger partial charge is 0.337 e. The SMILES string of the molecule is CCCC[C@@H](CC)C(=O)Nc1cccc([C@@H]2NC(=S)N(CC)C(C)=C2C(=O)OC)c1. The van der Waals surface area contributed by atoms with E-state index in [-0.39, 0.29) is 11.8 Å². The average Bonchev–Trinajstić information content (AvgIpc) is 2.74. The van der Waals surface area contributed by atoms with E-state index in [9.17, 15) is 9.59 Å². The lowest BCUT2D eigenvalue weighted by molar-refractivity contribution is -0.136. The van der Waals surface area contributed by atoms with Crippen LogP contribution in [0.4, 0.5) is 5.69 Å². The van der Waals surface area contributed by atoms with Crippen molar-refractivity contribution >= 4 is 34.9 Å². The molecule has 0 saturated carbocycles. The highest BCUT2D eigenvalue weighted by molar-refractivity contribution is 7.80. The van der Waals surface area contributed by atoms with Crippen molar-refractivity contribution in [1.29, 1.82) is 0 Å². The van der Waals surface area contributed by atoms with Gasteiger partial charge in [-0.15, -0.1) is 0 Å². The van der Waals surface area contributed by atoms with Crippen molar-refractivity contribution in [3.05, 3.63) is 41.1 Å². The van der Waals surface area contributed by atoms with Gasteiger partial charge in [-0.25, -0.2) is 4.79 Å². The van der Waals surface area contributed by atoms with Crippen LogP contribution in [-0.4, -0.2) is 35.5 Å². The molecule has 1 amide bonds. The Hall–Kier alpha value is -2.41. The quantitative estimate of drug-likeness (QED) is 0.442. The number of nitrogens with zero attached hydrogens (tertiary/aromatic N) is 1. The summed E-state index contributed by atoms with van der Waals surface area (Å²) in [5.41, 5.74) is 2.84. The van der Waals surface area contributed by atoms with Gasteiger partial charge in [0.05, 0.1) is 18.7 Å². The van der Waals surface area contributed by atoms with Crippen molar-refractivity contribution in [2.24, 2.45) is 5.92 Å². The van der Waals surface area contributed by atoms with Crippen LogP contribution in [0.5, 0.6) is 0 Å². The molecule has 0 aromatic heterocycles. The van der Waals surface area contributed by atoms with Crippen molar-refractivity contribution in [2.75, 3.05) is 19.0 Å². The van der Waals surface area contributed by atoms with Gasteiger partial charge in [-0.05, 0) is 56.6 Å². The molecule has 1 heterocycles. The Kier molecular flexibility index (Phi) is 8.84. The number of carbonyl (C=O) groups is 2. The van der Waals surface area contributed by atoms with Crippen molar-refractivity contribution < 1.29 is 14.3 Å². The standard InChI is InChI=1S/C23H33N3O3S/c1-6-9-11-16(7-2)21(27)24-18-13-10-12-17(14-18)20-19(22(28)29-5)15(4)26(8-3)23(30)25-20/h10,12-14,16,20H,6-9,11H2,1-5H3,(H,24,27)(H,25,30)/t16-,20+/m1/s1. The van der Waals surface area contributed by atoms with E-state index >= 15 is 0 Å². The highest BCUT2D eigenvalue weighted by atomic mass is 32.1. The molecule has 0 saturated heterocycles. The number of rotatable bonds is 9. The highest BCUT2D eigenvalue weighted by Crippen LogP contribution is 2.32. The molecule has 0 radical (unpaired) electrons. The van der Waals surface area contributed by atoms with Crippen LogP contribution in [0.3, 0.4) is 0 Å². The van der Waals surface area contributed by atoms with Crippen LogP contribution in [0.15, 0.2) is 35.5 Å². The molecule has 1 aliphatic rings. The summed E-state index contributed by atoms with van der Waals surface area (Å²) in [5, 5.41) is 6.86. The number of thiocarbonyl (C=S) groups is 1. The molecule has 7 heteroatoms. The number of anilines is 1. The van der Waals surface area contributed by atoms with E-state index in [4.69, 9.17) is 17.0 Å². The fourth-order valence-corrected chi connectivity index (χ4v) is 4.18. The van der Waals surface area contributed by atoms with Crippen LogP contribution in [0, 0.1) is 5.92 Å². The first-order valence-electron chi connectivity index (χ1n) is 10.7. The van der Waals surface area contributed by atoms with E-state index in [1.165, 1.54) is 7.11 Å². The fraction of sp³-hybridized carbons (Fsp3) is 0.522. The van der Waals surface area contributed by atoms with Crippen molar-refractivity contribution in [2.45, 2.75) is 59.4 Å². The predicted octanol–water partition coefficient (Wildman–Crippen LogP) is 4.54. The van der Waals surface area contributed by atoms with Gasteiger partial charge < -0.3 is 20.3 Å². The zero-order valence-corrected chi connectivity index (χ0v) is 19.4. The Bertz CT molecular complexity index is 822. The van der Waals surface area contributed by atoms with Crippen LogP contribution in [0.1, 0.15) is 65.0 Å². The maximum Gasteiger partial charge on any atom is 0.337 e. The van der Waals surface area contributed by atoms with Gasteiger partial charge in [0.25, 0.3) is 0 Å². The van der Waals surface area contributed by atoms with Crippen LogP contribution >= 0.6 is 12.2 Å². The lowest BCUT2D eigenvalue weighted by Gasteiger charge is -2.37. The van der Waals surface area contributed by atoms with Crippen LogP contribution < -0.4 is 10.6 Å². The number of hydrogen-bond acceptors (Lipinski definition) is 4. The summed E-state index contributed by atoms with van der Waals surface area (Å²) in [6, 6.07) is 7.11. The molecule has 0 bridgehead atoms. The Balaban J connectivity index is 2.33. The van der Waals surface area contributed by atoms with Crippen molar-refractivity contribution in [3.63, 3.8) is 0 Å². The highest BCUT2D eigenvalue weighted by Gasteiger charge is 2.34. The summed E-state index contributed by atoms with van der Waals surface area (Å²) >= 11 is 5.51. The molecule has 0 unspecified atom stereocenters. The molecule has 1 aromatic rings. The van der Waals surface area contributed by atoms with Crippen LogP contribution in [0.2, 0.25) is 0 Å². The zero-order valence-electron chi connectivity index (χ0n) is 18.6. The molecule has 0 spiro atoms. The first-order chi connectivity index (χ1) is 14.4. The van der Waals surface area contributed by atoms with E-state index in [2.05, 4.69) is 17.6 Å². The molecule has 30 heavy (non-hydrogen) atoms. The number of esters is 1. The fourth-order valence-electron chi connectivity index (χ4n) is 3.80. The molecule has 164 valence electrons. The molecule has 1 aliphatic heterocycles. The van der Waals surface area contributed by atoms with Crippen molar-refractivity contribution in [1.82, 2.24) is 10.2 Å². The van der Waals surface area contributed by atoms with Gasteiger partial charge in [0.15, 0.2) is 5.11 Å². The number of hydrogen-bond donors (Lipinski definition) is 2. The molecule has 2 rings (SSSR count). The monoisotopic (exact) mass is 431 g/mol. The van der Waals surface area contributed by atoms with Gasteiger partial charge >= 0.3 is 5.97 Å². The van der Waals surface area contributed by atoms with Gasteiger partial charge in [-0.2, -0.15) is 0 Å². The number of amides is 1. The molecule has 6 nitrogen and oxygen atoms in total. The summed E-state index contributed by atoms with van der Waals surface area (Å²) in [6.45, 7) is 8.67. The summed E-state index contributed by atoms with van der Waals surface area (Å²) < 4.78 is 5.04. The number of methoxy groups -OCH3 is 1. The Labute approximate surface area is 185 Å². The molecular formula is C23H33N3O3S. The second kappa shape index (κ2) is 11.1. The maximum absolute atomic E-state index is 12.7. The third-order valence-electron chi connectivity index (χ3n) is 5.58. The minimum absolute atomic E-state index is 0.000118. The van der Waals surface area contributed by atoms with Crippen LogP contribution in [0.25, 0.3) is 0 Å². The minimum atomic E-state index is -0.438. The molecule has 0 fully saturated rings. The topological polar surface area (TPSA) is 70.7 Å². The van der Waals surface area contributed by atoms with Gasteiger partial charge in [0, 0.05) is 23.8 Å². The first kappa shape index (κ1) is 23.9. The average molecular weight is 432 g/mol. The van der Waals surface area contributed by atoms with E-state index in [0.29, 0.717) is 22.9 Å². The largest absolute Gasteiger partial charge is 0.466 e. The number of unbranched alkanes of at least 4 members (excludes halogenated alkanes) is 1. The summed E-state index contributed by atoms with van der Waals surface area (Å²) in [4.78, 5) is 27.1. The normalized spacial score (nSPS) is 17.4. The van der Waals surface area contributed by atoms with Gasteiger partial charge in [0.2, 0.25) is 5.91 Å². The molecule has 1 aromatic carbocycles. The maximum atomic E-state index is 12.7. The molecular weight excluding hydrogens is 398 g/mol. The molecule has 2 atom stereocenters. The van der Waals surface area contributed by atoms with E-state index in [1.807, 2.05) is 49.9 Å². The second-order valence-electron chi connectivity index (χ2n) is 7.48. The molecule has 2 N–H and O–H groups in total. The van der Waals surface area contributed by atoms with Crippen molar-refractivity contribution in [3.8, 4) is 0 Å². The number of nitrogens with one attached hydrogen (secondary N) is 2. The lowest BCUT2D eigenvalue weighted by atomic mass is 9.94. The third kappa shape index (κ3) is 5.39. The summed E-state index contributed by atoms with van der Waals surface area (Å²) in [6.07, 6.45) is 3.81. The second-order valence-corrected chi connectivity index (χ2v) is 7.87. The number of ether oxygens (including phenoxy) is 1. The third-order valence-corrected chi connectivity index (χ3v) is 5.91. The number of benzene rings is 1. The minimum Gasteiger partial charge on any atom is -0.466 e. The summed E-state index contributed by atoms with van der Waals surface area (Å²) in [7, 11) is 1.38. The summed E-state index contributed by atoms with van der Waals surface area (Å²) in [5.74, 6) is -0.363. The molecule has 0 aliphatic carbocycles. The van der Waals surface area contributed by atoms with Gasteiger partial charge in [-0.3, -0.25) is 4.79 Å². The van der Waals surface area contributed by atoms with Gasteiger partial charge in [0.1, 0.15) is 0 Å². The van der Waals surface area contributed by atoms with Gasteiger partial charge in [-0.1, -0.05) is 38.8 Å². The lowest BCUT2D eigenvalue weighted by Crippen LogP contribution is -2.47. The van der Waals surface area contributed by atoms with Crippen LogP contribution in [-0.2, 0) is 14.3 Å².